The molecule has 17 heavy (non-hydrogen) atoms. The summed E-state index contributed by atoms with van der Waals surface area (Å²) < 4.78 is 18.8. The lowest BCUT2D eigenvalue weighted by atomic mass is 10.0. The maximum Gasteiger partial charge on any atom is 0.126 e. The van der Waals surface area contributed by atoms with E-state index in [4.69, 9.17) is 10.2 Å². The van der Waals surface area contributed by atoms with Gasteiger partial charge in [-0.3, -0.25) is 0 Å². The average Bonchev–Trinajstić information content (AvgIpc) is 2.62. The van der Waals surface area contributed by atoms with E-state index in [0.717, 1.165) is 16.9 Å². The molecule has 0 aliphatic heterocycles. The first kappa shape index (κ1) is 11.9. The highest BCUT2D eigenvalue weighted by atomic mass is 19.1. The summed E-state index contributed by atoms with van der Waals surface area (Å²) in [7, 11) is 0. The minimum Gasteiger partial charge on any atom is -0.464 e. The maximum atomic E-state index is 13.2. The topological polar surface area (TPSA) is 39.2 Å². The SMILES string of the molecule is Cc1cc(C(N)c2cc(C)c(C)o2)ccc1F. The third-order valence-corrected chi connectivity index (χ3v) is 3.03. The highest BCUT2D eigenvalue weighted by molar-refractivity contribution is 5.32. The van der Waals surface area contributed by atoms with Crippen LogP contribution in [-0.4, -0.2) is 0 Å². The van der Waals surface area contributed by atoms with E-state index in [1.807, 2.05) is 19.9 Å². The molecule has 2 aromatic rings. The molecule has 2 N–H and O–H groups in total. The first-order valence-corrected chi connectivity index (χ1v) is 5.57. The molecule has 0 fully saturated rings. The molecule has 0 bridgehead atoms. The summed E-state index contributed by atoms with van der Waals surface area (Å²) in [6, 6.07) is 6.47. The van der Waals surface area contributed by atoms with Crippen LogP contribution in [0.25, 0.3) is 0 Å². The van der Waals surface area contributed by atoms with Crippen molar-refractivity contribution in [1.82, 2.24) is 0 Å². The van der Waals surface area contributed by atoms with Crippen LogP contribution in [0.5, 0.6) is 0 Å². The van der Waals surface area contributed by atoms with E-state index < -0.39 is 0 Å². The van der Waals surface area contributed by atoms with Crippen molar-refractivity contribution in [2.24, 2.45) is 5.73 Å². The monoisotopic (exact) mass is 233 g/mol. The summed E-state index contributed by atoms with van der Waals surface area (Å²) in [5, 5.41) is 0. The summed E-state index contributed by atoms with van der Waals surface area (Å²) in [5.74, 6) is 1.37. The summed E-state index contributed by atoms with van der Waals surface area (Å²) in [5.41, 5.74) is 8.63. The Morgan fingerprint density at radius 3 is 2.35 bits per heavy atom. The summed E-state index contributed by atoms with van der Waals surface area (Å²) in [4.78, 5) is 0. The smallest absolute Gasteiger partial charge is 0.126 e. The first-order chi connectivity index (χ1) is 7.99. The van der Waals surface area contributed by atoms with Gasteiger partial charge in [-0.15, -0.1) is 0 Å². The molecule has 1 aromatic heterocycles. The molecule has 1 aromatic carbocycles. The molecule has 2 rings (SSSR count). The standard InChI is InChI=1S/C14H16FNO/c1-8-7-13(17-10(8)3)14(16)11-4-5-12(15)9(2)6-11/h4-7,14H,16H2,1-3H3. The fraction of sp³-hybridized carbons (Fsp3) is 0.286. The molecule has 3 heteroatoms. The number of halogens is 1. The van der Waals surface area contributed by atoms with Gasteiger partial charge in [-0.05, 0) is 49.6 Å². The van der Waals surface area contributed by atoms with Gasteiger partial charge in [0.25, 0.3) is 0 Å². The molecule has 0 aliphatic carbocycles. The van der Waals surface area contributed by atoms with Crippen molar-refractivity contribution in [1.29, 1.82) is 0 Å². The van der Waals surface area contributed by atoms with Crippen molar-refractivity contribution < 1.29 is 8.81 Å². The largest absolute Gasteiger partial charge is 0.464 e. The van der Waals surface area contributed by atoms with Gasteiger partial charge in [0.2, 0.25) is 0 Å². The number of hydrogen-bond acceptors (Lipinski definition) is 2. The predicted molar refractivity (Wildman–Crippen MR) is 65.3 cm³/mol. The molecule has 90 valence electrons. The highest BCUT2D eigenvalue weighted by Crippen LogP contribution is 2.25. The molecular weight excluding hydrogens is 217 g/mol. The van der Waals surface area contributed by atoms with E-state index in [-0.39, 0.29) is 11.9 Å². The Morgan fingerprint density at radius 2 is 1.82 bits per heavy atom. The quantitative estimate of drug-likeness (QED) is 0.863. The molecule has 1 unspecified atom stereocenters. The van der Waals surface area contributed by atoms with E-state index in [2.05, 4.69) is 0 Å². The van der Waals surface area contributed by atoms with E-state index in [1.54, 1.807) is 19.1 Å². The maximum absolute atomic E-state index is 13.2. The third kappa shape index (κ3) is 2.24. The van der Waals surface area contributed by atoms with Gasteiger partial charge in [0.05, 0.1) is 6.04 Å². The van der Waals surface area contributed by atoms with Crippen LogP contribution in [0.4, 0.5) is 4.39 Å². The zero-order valence-corrected chi connectivity index (χ0v) is 10.3. The predicted octanol–water partition coefficient (Wildman–Crippen LogP) is 3.39. The Labute approximate surface area is 100 Å². The van der Waals surface area contributed by atoms with Gasteiger partial charge < -0.3 is 10.2 Å². The first-order valence-electron chi connectivity index (χ1n) is 5.57. The van der Waals surface area contributed by atoms with Crippen molar-refractivity contribution >= 4 is 0 Å². The normalized spacial score (nSPS) is 12.8. The van der Waals surface area contributed by atoms with Crippen LogP contribution in [0.3, 0.4) is 0 Å². The lowest BCUT2D eigenvalue weighted by Crippen LogP contribution is -2.11. The highest BCUT2D eigenvalue weighted by Gasteiger charge is 2.15. The second-order valence-electron chi connectivity index (χ2n) is 4.37. The minimum absolute atomic E-state index is 0.215. The molecule has 0 saturated carbocycles. The fourth-order valence-electron chi connectivity index (χ4n) is 1.78. The molecule has 1 heterocycles. The van der Waals surface area contributed by atoms with E-state index in [9.17, 15) is 4.39 Å². The van der Waals surface area contributed by atoms with Gasteiger partial charge in [-0.1, -0.05) is 12.1 Å². The van der Waals surface area contributed by atoms with Crippen LogP contribution >= 0.6 is 0 Å². The van der Waals surface area contributed by atoms with Gasteiger partial charge in [0.15, 0.2) is 0 Å². The Hall–Kier alpha value is -1.61. The second kappa shape index (κ2) is 4.34. The van der Waals surface area contributed by atoms with Crippen LogP contribution in [0.15, 0.2) is 28.7 Å². The number of furan rings is 1. The number of rotatable bonds is 2. The van der Waals surface area contributed by atoms with Crippen LogP contribution in [0.1, 0.15) is 34.3 Å². The van der Waals surface area contributed by atoms with Crippen LogP contribution in [0, 0.1) is 26.6 Å². The molecular formula is C14H16FNO. The van der Waals surface area contributed by atoms with E-state index in [1.165, 1.54) is 6.07 Å². The van der Waals surface area contributed by atoms with Crippen LogP contribution in [-0.2, 0) is 0 Å². The zero-order chi connectivity index (χ0) is 12.6. The lowest BCUT2D eigenvalue weighted by Gasteiger charge is -2.10. The van der Waals surface area contributed by atoms with Crippen molar-refractivity contribution in [3.8, 4) is 0 Å². The van der Waals surface area contributed by atoms with Gasteiger partial charge in [-0.2, -0.15) is 0 Å². The zero-order valence-electron chi connectivity index (χ0n) is 10.3. The van der Waals surface area contributed by atoms with Gasteiger partial charge in [-0.25, -0.2) is 4.39 Å². The molecule has 1 atom stereocenters. The van der Waals surface area contributed by atoms with Crippen molar-refractivity contribution in [2.75, 3.05) is 0 Å². The van der Waals surface area contributed by atoms with Crippen LogP contribution in [0.2, 0.25) is 0 Å². The van der Waals surface area contributed by atoms with Crippen LogP contribution < -0.4 is 5.73 Å². The van der Waals surface area contributed by atoms with Crippen molar-refractivity contribution in [2.45, 2.75) is 26.8 Å². The third-order valence-electron chi connectivity index (χ3n) is 3.03. The fourth-order valence-corrected chi connectivity index (χ4v) is 1.78. The van der Waals surface area contributed by atoms with Crippen molar-refractivity contribution in [3.05, 3.63) is 58.3 Å². The molecule has 0 radical (unpaired) electrons. The molecule has 0 amide bonds. The Bertz CT molecular complexity index is 526. The summed E-state index contributed by atoms with van der Waals surface area (Å²) >= 11 is 0. The van der Waals surface area contributed by atoms with Gasteiger partial charge >= 0.3 is 0 Å². The average molecular weight is 233 g/mol. The number of aryl methyl sites for hydroxylation is 3. The Kier molecular flexibility index (Phi) is 3.03. The minimum atomic E-state index is -0.346. The van der Waals surface area contributed by atoms with E-state index >= 15 is 0 Å². The number of nitrogens with two attached hydrogens (primary N) is 1. The number of benzene rings is 1. The summed E-state index contributed by atoms with van der Waals surface area (Å²) in [6.45, 7) is 5.61. The Morgan fingerprint density at radius 1 is 1.12 bits per heavy atom. The molecule has 0 aliphatic rings. The number of hydrogen-bond donors (Lipinski definition) is 1. The van der Waals surface area contributed by atoms with Crippen molar-refractivity contribution in [3.63, 3.8) is 0 Å². The van der Waals surface area contributed by atoms with Gasteiger partial charge in [0, 0.05) is 0 Å². The Balaban J connectivity index is 2.36. The van der Waals surface area contributed by atoms with Gasteiger partial charge in [0.1, 0.15) is 17.3 Å². The lowest BCUT2D eigenvalue weighted by molar-refractivity contribution is 0.464. The van der Waals surface area contributed by atoms with E-state index in [0.29, 0.717) is 11.3 Å². The molecule has 0 saturated heterocycles. The summed E-state index contributed by atoms with van der Waals surface area (Å²) in [6.07, 6.45) is 0. The molecule has 0 spiro atoms. The second-order valence-corrected chi connectivity index (χ2v) is 4.37. The molecule has 2 nitrogen and oxygen atoms in total.